The highest BCUT2D eigenvalue weighted by Crippen LogP contribution is 2.35. The molecule has 3 heterocycles. The Morgan fingerprint density at radius 2 is 2.23 bits per heavy atom. The molecule has 0 bridgehead atoms. The minimum Gasteiger partial charge on any atom is -0.497 e. The molecule has 1 saturated heterocycles. The summed E-state index contributed by atoms with van der Waals surface area (Å²) in [5.74, 6) is -0.675. The molecule has 1 atom stereocenters. The van der Waals surface area contributed by atoms with Crippen molar-refractivity contribution in [1.82, 2.24) is 20.2 Å². The van der Waals surface area contributed by atoms with Gasteiger partial charge in [0, 0.05) is 37.0 Å². The first-order valence-corrected chi connectivity index (χ1v) is 10.7. The molecule has 0 spiro atoms. The molecule has 164 valence electrons. The Morgan fingerprint density at radius 1 is 1.35 bits per heavy atom. The van der Waals surface area contributed by atoms with Gasteiger partial charge in [0.15, 0.2) is 0 Å². The molecule has 7 nitrogen and oxygen atoms in total. The van der Waals surface area contributed by atoms with Gasteiger partial charge < -0.3 is 10.1 Å². The molecule has 0 saturated carbocycles. The molecular formula is C23H28FN5O2. The lowest BCUT2D eigenvalue weighted by molar-refractivity contribution is 0.0968. The van der Waals surface area contributed by atoms with E-state index in [0.29, 0.717) is 24.4 Å². The summed E-state index contributed by atoms with van der Waals surface area (Å²) < 4.78 is 20.2. The number of nitrogens with zero attached hydrogens (tertiary/aromatic N) is 4. The van der Waals surface area contributed by atoms with E-state index in [2.05, 4.69) is 20.3 Å². The van der Waals surface area contributed by atoms with Gasteiger partial charge in [0.05, 0.1) is 19.2 Å². The SMILES string of the molecule is COc1cc(F)c(C(=O)N/C=N/N2CCc3ncccc3C2)c(C2CCCCN2C)c1. The lowest BCUT2D eigenvalue weighted by atomic mass is 9.91. The van der Waals surface area contributed by atoms with Crippen molar-refractivity contribution >= 4 is 12.2 Å². The second-order valence-corrected chi connectivity index (χ2v) is 8.03. The maximum absolute atomic E-state index is 15.0. The summed E-state index contributed by atoms with van der Waals surface area (Å²) in [5, 5.41) is 8.88. The van der Waals surface area contributed by atoms with Crippen LogP contribution in [-0.4, -0.2) is 54.4 Å². The summed E-state index contributed by atoms with van der Waals surface area (Å²) >= 11 is 0. The summed E-state index contributed by atoms with van der Waals surface area (Å²) in [6.45, 7) is 2.26. The molecule has 8 heteroatoms. The van der Waals surface area contributed by atoms with Gasteiger partial charge in [0.1, 0.15) is 17.9 Å². The van der Waals surface area contributed by atoms with Crippen LogP contribution in [0.15, 0.2) is 35.6 Å². The van der Waals surface area contributed by atoms with Gasteiger partial charge in [-0.1, -0.05) is 12.5 Å². The number of piperidine rings is 1. The third-order valence-corrected chi connectivity index (χ3v) is 6.05. The molecule has 1 aromatic carbocycles. The Balaban J connectivity index is 1.51. The number of nitrogens with one attached hydrogen (secondary N) is 1. The van der Waals surface area contributed by atoms with Crippen molar-refractivity contribution in [3.63, 3.8) is 0 Å². The summed E-state index contributed by atoms with van der Waals surface area (Å²) in [6, 6.07) is 6.94. The maximum Gasteiger partial charge on any atom is 0.259 e. The summed E-state index contributed by atoms with van der Waals surface area (Å²) in [6.07, 6.45) is 6.96. The van der Waals surface area contributed by atoms with Crippen LogP contribution in [0.5, 0.6) is 5.75 Å². The van der Waals surface area contributed by atoms with Crippen molar-refractivity contribution < 1.29 is 13.9 Å². The topological polar surface area (TPSA) is 70.1 Å². The van der Waals surface area contributed by atoms with E-state index in [0.717, 1.165) is 43.5 Å². The average Bonchev–Trinajstić information content (AvgIpc) is 2.78. The number of carbonyl (C=O) groups is 1. The van der Waals surface area contributed by atoms with Gasteiger partial charge in [-0.05, 0) is 49.7 Å². The number of benzene rings is 1. The van der Waals surface area contributed by atoms with Crippen molar-refractivity contribution in [2.45, 2.75) is 38.3 Å². The fourth-order valence-electron chi connectivity index (χ4n) is 4.38. The number of ether oxygens (including phenoxy) is 1. The van der Waals surface area contributed by atoms with Crippen molar-refractivity contribution in [3.05, 3.63) is 58.7 Å². The molecule has 1 fully saturated rings. The van der Waals surface area contributed by atoms with Crippen molar-refractivity contribution in [1.29, 1.82) is 0 Å². The third kappa shape index (κ3) is 4.69. The van der Waals surface area contributed by atoms with Crippen LogP contribution in [0, 0.1) is 5.82 Å². The second kappa shape index (κ2) is 9.43. The van der Waals surface area contributed by atoms with Crippen LogP contribution >= 0.6 is 0 Å². The van der Waals surface area contributed by atoms with Crippen molar-refractivity contribution in [2.75, 3.05) is 27.2 Å². The van der Waals surface area contributed by atoms with E-state index in [1.165, 1.54) is 19.5 Å². The van der Waals surface area contributed by atoms with Crippen LogP contribution in [0.4, 0.5) is 4.39 Å². The number of hydrazone groups is 1. The highest BCUT2D eigenvalue weighted by Gasteiger charge is 2.28. The van der Waals surface area contributed by atoms with E-state index in [9.17, 15) is 9.18 Å². The van der Waals surface area contributed by atoms with Crippen LogP contribution in [-0.2, 0) is 13.0 Å². The second-order valence-electron chi connectivity index (χ2n) is 8.03. The molecule has 4 rings (SSSR count). The molecule has 2 aliphatic heterocycles. The lowest BCUT2D eigenvalue weighted by Crippen LogP contribution is -2.33. The monoisotopic (exact) mass is 425 g/mol. The van der Waals surface area contributed by atoms with Gasteiger partial charge in [-0.2, -0.15) is 5.10 Å². The fourth-order valence-corrected chi connectivity index (χ4v) is 4.38. The minimum absolute atomic E-state index is 0.0258. The third-order valence-electron chi connectivity index (χ3n) is 6.05. The number of carbonyl (C=O) groups excluding carboxylic acids is 1. The Morgan fingerprint density at radius 3 is 3.03 bits per heavy atom. The molecule has 1 N–H and O–H groups in total. The normalized spacial score (nSPS) is 19.3. The van der Waals surface area contributed by atoms with E-state index in [-0.39, 0.29) is 11.6 Å². The number of methoxy groups -OCH3 is 1. The Labute approximate surface area is 181 Å². The molecule has 2 aliphatic rings. The lowest BCUT2D eigenvalue weighted by Gasteiger charge is -2.34. The summed E-state index contributed by atoms with van der Waals surface area (Å²) in [5.41, 5.74) is 2.92. The zero-order valence-corrected chi connectivity index (χ0v) is 18.0. The van der Waals surface area contributed by atoms with Gasteiger partial charge in [0.25, 0.3) is 5.91 Å². The van der Waals surface area contributed by atoms with E-state index in [4.69, 9.17) is 4.74 Å². The van der Waals surface area contributed by atoms with Crippen molar-refractivity contribution in [2.24, 2.45) is 5.10 Å². The van der Waals surface area contributed by atoms with E-state index >= 15 is 0 Å². The molecule has 1 unspecified atom stereocenters. The average molecular weight is 426 g/mol. The number of aromatic nitrogens is 1. The molecule has 1 amide bonds. The zero-order chi connectivity index (χ0) is 21.8. The Bertz CT molecular complexity index is 980. The van der Waals surface area contributed by atoms with Crippen LogP contribution < -0.4 is 10.1 Å². The number of hydrogen-bond donors (Lipinski definition) is 1. The molecule has 1 aromatic heterocycles. The first-order valence-electron chi connectivity index (χ1n) is 10.7. The minimum atomic E-state index is -0.586. The predicted molar refractivity (Wildman–Crippen MR) is 116 cm³/mol. The number of rotatable bonds is 5. The highest BCUT2D eigenvalue weighted by atomic mass is 19.1. The molecule has 0 aliphatic carbocycles. The van der Waals surface area contributed by atoms with E-state index in [1.54, 1.807) is 12.3 Å². The standard InChI is InChI=1S/C23H28FN5O2/c1-28-10-4-3-7-21(28)18-12-17(31-2)13-19(24)22(18)23(30)26-15-27-29-11-8-20-16(14-29)6-5-9-25-20/h5-6,9,12-13,15,21H,3-4,7-8,10-11,14H2,1-2H3,(H,26,27,30). The summed E-state index contributed by atoms with van der Waals surface area (Å²) in [7, 11) is 3.51. The van der Waals surface area contributed by atoms with Gasteiger partial charge in [-0.3, -0.25) is 19.7 Å². The zero-order valence-electron chi connectivity index (χ0n) is 18.0. The van der Waals surface area contributed by atoms with Crippen LogP contribution in [0.25, 0.3) is 0 Å². The first kappa shape index (κ1) is 21.2. The Kier molecular flexibility index (Phi) is 6.46. The smallest absolute Gasteiger partial charge is 0.259 e. The molecule has 0 radical (unpaired) electrons. The van der Waals surface area contributed by atoms with Crippen molar-refractivity contribution in [3.8, 4) is 5.75 Å². The number of hydrogen-bond acceptors (Lipinski definition) is 6. The highest BCUT2D eigenvalue weighted by molar-refractivity contribution is 6.02. The number of amides is 1. The Hall–Kier alpha value is -3.00. The number of fused-ring (bicyclic) bond motifs is 1. The van der Waals surface area contributed by atoms with Gasteiger partial charge in [-0.25, -0.2) is 4.39 Å². The first-order chi connectivity index (χ1) is 15.1. The fraction of sp³-hybridized carbons (Fsp3) is 0.435. The molecule has 2 aromatic rings. The predicted octanol–water partition coefficient (Wildman–Crippen LogP) is 3.12. The van der Waals surface area contributed by atoms with Crippen LogP contribution in [0.2, 0.25) is 0 Å². The maximum atomic E-state index is 15.0. The van der Waals surface area contributed by atoms with E-state index in [1.807, 2.05) is 24.2 Å². The summed E-state index contributed by atoms with van der Waals surface area (Å²) in [4.78, 5) is 19.5. The van der Waals surface area contributed by atoms with Gasteiger partial charge >= 0.3 is 0 Å². The quantitative estimate of drug-likeness (QED) is 0.589. The number of likely N-dealkylation sites (tertiary alicyclic amines) is 1. The van der Waals surface area contributed by atoms with Gasteiger partial charge in [0.2, 0.25) is 0 Å². The van der Waals surface area contributed by atoms with Crippen LogP contribution in [0.1, 0.15) is 52.5 Å². The largest absolute Gasteiger partial charge is 0.497 e. The molecular weight excluding hydrogens is 397 g/mol. The number of halogens is 1. The number of pyridine rings is 1. The van der Waals surface area contributed by atoms with Gasteiger partial charge in [-0.15, -0.1) is 0 Å². The van der Waals surface area contributed by atoms with Crippen LogP contribution in [0.3, 0.4) is 0 Å². The molecule has 31 heavy (non-hydrogen) atoms. The van der Waals surface area contributed by atoms with E-state index < -0.39 is 11.7 Å².